The molecule has 0 saturated heterocycles. The molecule has 5 rings (SSSR count). The summed E-state index contributed by atoms with van der Waals surface area (Å²) in [6.07, 6.45) is -0.0779. The molecular weight excluding hydrogens is 428 g/mol. The lowest BCUT2D eigenvalue weighted by Gasteiger charge is -2.22. The summed E-state index contributed by atoms with van der Waals surface area (Å²) in [5.41, 5.74) is 6.68. The molecule has 0 saturated carbocycles. The first-order valence-electron chi connectivity index (χ1n) is 11.4. The summed E-state index contributed by atoms with van der Waals surface area (Å²) in [6.45, 7) is 0.0186. The maximum absolute atomic E-state index is 13.0. The van der Waals surface area contributed by atoms with Gasteiger partial charge in [-0.3, -0.25) is 9.69 Å². The van der Waals surface area contributed by atoms with Gasteiger partial charge in [-0.15, -0.1) is 0 Å². The number of carbonyl (C=O) groups is 2. The number of aromatic nitrogens is 1. The van der Waals surface area contributed by atoms with E-state index in [9.17, 15) is 14.7 Å². The first-order chi connectivity index (χ1) is 16.5. The summed E-state index contributed by atoms with van der Waals surface area (Å²) in [5, 5.41) is 10.5. The van der Waals surface area contributed by atoms with Crippen molar-refractivity contribution in [2.45, 2.75) is 12.3 Å². The molecule has 172 valence electrons. The van der Waals surface area contributed by atoms with Gasteiger partial charge in [-0.2, -0.15) is 0 Å². The number of hydrogen-bond donors (Lipinski definition) is 1. The van der Waals surface area contributed by atoms with Gasteiger partial charge in [0, 0.05) is 37.1 Å². The standard InChI is InChI=1S/C28H26N2O4/c1-29-20(16-19-8-2-7-13-26(19)29)14-15-30(17-27(31)32)28(33)34-18-25-23-11-5-3-9-21(23)22-10-4-6-12-24(22)25/h2-13,16,25H,14-15,17-18H2,1H3,(H,31,32). The highest BCUT2D eigenvalue weighted by Gasteiger charge is 2.30. The Balaban J connectivity index is 1.30. The lowest BCUT2D eigenvalue weighted by Crippen LogP contribution is -2.38. The molecule has 1 N–H and O–H groups in total. The zero-order valence-corrected chi connectivity index (χ0v) is 19.0. The number of para-hydroxylation sites is 1. The van der Waals surface area contributed by atoms with Crippen LogP contribution in [0.4, 0.5) is 4.79 Å². The number of carbonyl (C=O) groups excluding carboxylic acids is 1. The van der Waals surface area contributed by atoms with Gasteiger partial charge in [-0.25, -0.2) is 4.79 Å². The van der Waals surface area contributed by atoms with Crippen molar-refractivity contribution < 1.29 is 19.4 Å². The smallest absolute Gasteiger partial charge is 0.410 e. The molecule has 1 heterocycles. The molecule has 34 heavy (non-hydrogen) atoms. The maximum atomic E-state index is 13.0. The fraction of sp³-hybridized carbons (Fsp3) is 0.214. The molecule has 1 aliphatic carbocycles. The van der Waals surface area contributed by atoms with Gasteiger partial charge in [0.15, 0.2) is 0 Å². The summed E-state index contributed by atoms with van der Waals surface area (Å²) in [7, 11) is 1.98. The molecular formula is C28H26N2O4. The fourth-order valence-corrected chi connectivity index (χ4v) is 4.92. The summed E-state index contributed by atoms with van der Waals surface area (Å²) < 4.78 is 7.77. The molecule has 0 atom stereocenters. The average molecular weight is 455 g/mol. The third-order valence-corrected chi connectivity index (χ3v) is 6.61. The number of benzene rings is 3. The van der Waals surface area contributed by atoms with Gasteiger partial charge in [-0.05, 0) is 39.8 Å². The summed E-state index contributed by atoms with van der Waals surface area (Å²) >= 11 is 0. The zero-order valence-electron chi connectivity index (χ0n) is 19.0. The van der Waals surface area contributed by atoms with Crippen molar-refractivity contribution in [2.75, 3.05) is 19.7 Å². The van der Waals surface area contributed by atoms with E-state index >= 15 is 0 Å². The number of aliphatic carboxylic acids is 1. The Bertz CT molecular complexity index is 1330. The SMILES string of the molecule is Cn1c(CCN(CC(=O)O)C(=O)OCC2c3ccccc3-c3ccccc32)cc2ccccc21. The Labute approximate surface area is 198 Å². The monoisotopic (exact) mass is 454 g/mol. The van der Waals surface area contributed by atoms with Gasteiger partial charge in [0.1, 0.15) is 13.2 Å². The second-order valence-corrected chi connectivity index (χ2v) is 8.62. The van der Waals surface area contributed by atoms with Crippen molar-refractivity contribution in [1.82, 2.24) is 9.47 Å². The summed E-state index contributed by atoms with van der Waals surface area (Å²) in [4.78, 5) is 25.7. The molecule has 0 radical (unpaired) electrons. The number of ether oxygens (including phenoxy) is 1. The van der Waals surface area contributed by atoms with Crippen molar-refractivity contribution in [1.29, 1.82) is 0 Å². The van der Waals surface area contributed by atoms with Crippen LogP contribution in [0.15, 0.2) is 78.9 Å². The molecule has 1 aliphatic rings. The van der Waals surface area contributed by atoms with Crippen molar-refractivity contribution in [2.24, 2.45) is 7.05 Å². The lowest BCUT2D eigenvalue weighted by molar-refractivity contribution is -0.138. The Hall–Kier alpha value is -4.06. The Kier molecular flexibility index (Phi) is 5.80. The van der Waals surface area contributed by atoms with Crippen LogP contribution in [0.2, 0.25) is 0 Å². The Morgan fingerprint density at radius 2 is 1.56 bits per heavy atom. The van der Waals surface area contributed by atoms with E-state index < -0.39 is 18.6 Å². The quantitative estimate of drug-likeness (QED) is 0.424. The van der Waals surface area contributed by atoms with Crippen molar-refractivity contribution in [3.63, 3.8) is 0 Å². The highest BCUT2D eigenvalue weighted by Crippen LogP contribution is 2.44. The summed E-state index contributed by atoms with van der Waals surface area (Å²) in [5.74, 6) is -1.13. The van der Waals surface area contributed by atoms with E-state index in [1.54, 1.807) is 0 Å². The van der Waals surface area contributed by atoms with Gasteiger partial charge in [-0.1, -0.05) is 66.7 Å². The van der Waals surface area contributed by atoms with E-state index in [1.807, 2.05) is 55.6 Å². The molecule has 0 spiro atoms. The number of amides is 1. The van der Waals surface area contributed by atoms with Crippen LogP contribution >= 0.6 is 0 Å². The molecule has 0 fully saturated rings. The van der Waals surface area contributed by atoms with Crippen molar-refractivity contribution >= 4 is 23.0 Å². The van der Waals surface area contributed by atoms with Gasteiger partial charge < -0.3 is 14.4 Å². The highest BCUT2D eigenvalue weighted by atomic mass is 16.6. The third-order valence-electron chi connectivity index (χ3n) is 6.61. The minimum absolute atomic E-state index is 0.0683. The minimum atomic E-state index is -1.06. The van der Waals surface area contributed by atoms with Gasteiger partial charge in [0.25, 0.3) is 0 Å². The van der Waals surface area contributed by atoms with Crippen LogP contribution in [0, 0.1) is 0 Å². The van der Waals surface area contributed by atoms with E-state index in [-0.39, 0.29) is 19.1 Å². The number of rotatable bonds is 7. The minimum Gasteiger partial charge on any atom is -0.480 e. The Morgan fingerprint density at radius 1 is 0.941 bits per heavy atom. The van der Waals surface area contributed by atoms with Crippen LogP contribution in [-0.2, 0) is 23.0 Å². The number of nitrogens with zero attached hydrogens (tertiary/aromatic N) is 2. The van der Waals surface area contributed by atoms with Crippen LogP contribution in [0.5, 0.6) is 0 Å². The molecule has 6 heteroatoms. The highest BCUT2D eigenvalue weighted by molar-refractivity contribution is 5.82. The van der Waals surface area contributed by atoms with Crippen LogP contribution < -0.4 is 0 Å². The second kappa shape index (κ2) is 9.06. The summed E-state index contributed by atoms with van der Waals surface area (Å²) in [6, 6.07) is 26.4. The van der Waals surface area contributed by atoms with Gasteiger partial charge in [0.2, 0.25) is 0 Å². The first kappa shape index (κ1) is 21.8. The number of hydrogen-bond acceptors (Lipinski definition) is 3. The molecule has 0 unspecified atom stereocenters. The number of carboxylic acid groups (broad SMARTS) is 1. The van der Waals surface area contributed by atoms with E-state index in [2.05, 4.69) is 34.9 Å². The van der Waals surface area contributed by atoms with Crippen LogP contribution in [0.1, 0.15) is 22.7 Å². The predicted octanol–water partition coefficient (Wildman–Crippen LogP) is 5.06. The van der Waals surface area contributed by atoms with E-state index in [0.717, 1.165) is 38.9 Å². The van der Waals surface area contributed by atoms with E-state index in [4.69, 9.17) is 4.74 Å². The van der Waals surface area contributed by atoms with Crippen LogP contribution in [-0.4, -0.2) is 46.3 Å². The lowest BCUT2D eigenvalue weighted by atomic mass is 9.98. The normalized spacial score (nSPS) is 12.4. The topological polar surface area (TPSA) is 71.8 Å². The van der Waals surface area contributed by atoms with E-state index in [1.165, 1.54) is 4.90 Å². The van der Waals surface area contributed by atoms with Crippen molar-refractivity contribution in [3.05, 3.63) is 95.7 Å². The van der Waals surface area contributed by atoms with Gasteiger partial charge >= 0.3 is 12.1 Å². The molecule has 6 nitrogen and oxygen atoms in total. The second-order valence-electron chi connectivity index (χ2n) is 8.62. The average Bonchev–Trinajstić information content (AvgIpc) is 3.34. The third kappa shape index (κ3) is 4.03. The molecule has 4 aromatic rings. The zero-order chi connectivity index (χ0) is 23.7. The molecule has 1 amide bonds. The number of aryl methyl sites for hydroxylation is 1. The largest absolute Gasteiger partial charge is 0.480 e. The number of carboxylic acids is 1. The van der Waals surface area contributed by atoms with Crippen molar-refractivity contribution in [3.8, 4) is 11.1 Å². The number of fused-ring (bicyclic) bond motifs is 4. The first-order valence-corrected chi connectivity index (χ1v) is 11.4. The molecule has 0 bridgehead atoms. The molecule has 3 aromatic carbocycles. The van der Waals surface area contributed by atoms with E-state index in [0.29, 0.717) is 6.42 Å². The fourth-order valence-electron chi connectivity index (χ4n) is 4.92. The molecule has 0 aliphatic heterocycles. The Morgan fingerprint density at radius 3 is 2.21 bits per heavy atom. The maximum Gasteiger partial charge on any atom is 0.410 e. The predicted molar refractivity (Wildman–Crippen MR) is 131 cm³/mol. The van der Waals surface area contributed by atoms with Crippen LogP contribution in [0.3, 0.4) is 0 Å². The van der Waals surface area contributed by atoms with Gasteiger partial charge in [0.05, 0.1) is 0 Å². The van der Waals surface area contributed by atoms with Crippen LogP contribution in [0.25, 0.3) is 22.0 Å². The molecule has 1 aromatic heterocycles.